The molecule has 2 rings (SSSR count). The Kier molecular flexibility index (Phi) is 4.90. The molecule has 23 heavy (non-hydrogen) atoms. The summed E-state index contributed by atoms with van der Waals surface area (Å²) in [4.78, 5) is 39.0. The molecule has 1 aliphatic rings. The lowest BCUT2D eigenvalue weighted by Crippen LogP contribution is -2.19. The molecule has 120 valence electrons. The molecular formula is C16H16N2O5. The largest absolute Gasteiger partial charge is 0.511 e. The summed E-state index contributed by atoms with van der Waals surface area (Å²) in [5.74, 6) is -1.75. The molecule has 0 saturated carbocycles. The average molecular weight is 316 g/mol. The number of allylic oxidation sites excluding steroid dienone is 1. The molecule has 0 aromatic heterocycles. The number of ether oxygens (including phenoxy) is 1. The highest BCUT2D eigenvalue weighted by Crippen LogP contribution is 2.22. The normalized spacial score (nSPS) is 14.5. The van der Waals surface area contributed by atoms with Crippen LogP contribution in [0.25, 0.3) is 0 Å². The van der Waals surface area contributed by atoms with Crippen LogP contribution in [0.3, 0.4) is 0 Å². The fourth-order valence-electron chi connectivity index (χ4n) is 2.02. The van der Waals surface area contributed by atoms with E-state index in [1.807, 2.05) is 0 Å². The van der Waals surface area contributed by atoms with Crippen LogP contribution < -0.4 is 5.32 Å². The van der Waals surface area contributed by atoms with Gasteiger partial charge in [0.25, 0.3) is 11.8 Å². The zero-order chi connectivity index (χ0) is 17.0. The van der Waals surface area contributed by atoms with E-state index in [2.05, 4.69) is 10.3 Å². The van der Waals surface area contributed by atoms with Gasteiger partial charge in [0.2, 0.25) is 0 Å². The predicted octanol–water partition coefficient (Wildman–Crippen LogP) is 2.06. The number of esters is 1. The maximum absolute atomic E-state index is 11.8. The summed E-state index contributed by atoms with van der Waals surface area (Å²) in [5, 5.41) is 12.0. The van der Waals surface area contributed by atoms with Crippen LogP contribution in [0.4, 0.5) is 5.69 Å². The molecule has 2 N–H and O–H groups in total. The van der Waals surface area contributed by atoms with Crippen molar-refractivity contribution in [3.8, 4) is 0 Å². The molecule has 0 spiro atoms. The summed E-state index contributed by atoms with van der Waals surface area (Å²) in [7, 11) is 0. The molecule has 1 heterocycles. The monoisotopic (exact) mass is 316 g/mol. The third-order valence-electron chi connectivity index (χ3n) is 3.20. The van der Waals surface area contributed by atoms with E-state index < -0.39 is 17.8 Å². The van der Waals surface area contributed by atoms with Gasteiger partial charge in [-0.25, -0.2) is 4.79 Å². The number of hydrogen-bond acceptors (Lipinski definition) is 6. The summed E-state index contributed by atoms with van der Waals surface area (Å²) in [6.07, 6.45) is 1.44. The van der Waals surface area contributed by atoms with Crippen molar-refractivity contribution in [2.75, 3.05) is 6.61 Å². The Bertz CT molecular complexity index is 734. The molecule has 0 aliphatic carbocycles. The van der Waals surface area contributed by atoms with Crippen molar-refractivity contribution < 1.29 is 24.2 Å². The van der Waals surface area contributed by atoms with Gasteiger partial charge in [-0.15, -0.1) is 0 Å². The van der Waals surface area contributed by atoms with Crippen LogP contribution >= 0.6 is 0 Å². The Labute approximate surface area is 132 Å². The molecule has 1 aromatic rings. The molecule has 0 fully saturated rings. The Morgan fingerprint density at radius 3 is 2.61 bits per heavy atom. The van der Waals surface area contributed by atoms with Gasteiger partial charge >= 0.3 is 5.97 Å². The third kappa shape index (κ3) is 3.45. The SMILES string of the molecule is CCOC(=O)/C(C=Nc1ccc2c(c1)C(=O)NC2=O)=C(\O)CC. The highest BCUT2D eigenvalue weighted by molar-refractivity contribution is 6.21. The predicted molar refractivity (Wildman–Crippen MR) is 83.0 cm³/mol. The zero-order valence-corrected chi connectivity index (χ0v) is 12.8. The van der Waals surface area contributed by atoms with Crippen LogP contribution in [-0.4, -0.2) is 35.7 Å². The number of fused-ring (bicyclic) bond motifs is 1. The molecule has 0 bridgehead atoms. The number of nitrogens with zero attached hydrogens (tertiary/aromatic N) is 1. The highest BCUT2D eigenvalue weighted by atomic mass is 16.5. The average Bonchev–Trinajstić information content (AvgIpc) is 2.82. The number of amides is 2. The number of imide groups is 1. The van der Waals surface area contributed by atoms with Crippen LogP contribution in [0, 0.1) is 0 Å². The van der Waals surface area contributed by atoms with E-state index in [-0.39, 0.29) is 35.5 Å². The van der Waals surface area contributed by atoms with Gasteiger partial charge in [0.05, 0.1) is 23.4 Å². The minimum Gasteiger partial charge on any atom is -0.511 e. The van der Waals surface area contributed by atoms with Crippen LogP contribution in [0.1, 0.15) is 41.0 Å². The summed E-state index contributed by atoms with van der Waals surface area (Å²) >= 11 is 0. The number of carbonyl (C=O) groups excluding carboxylic acids is 3. The smallest absolute Gasteiger partial charge is 0.343 e. The fraction of sp³-hybridized carbons (Fsp3) is 0.250. The van der Waals surface area contributed by atoms with Gasteiger partial charge in [0.15, 0.2) is 0 Å². The van der Waals surface area contributed by atoms with Crippen molar-refractivity contribution in [3.05, 3.63) is 40.7 Å². The first-order valence-electron chi connectivity index (χ1n) is 7.11. The number of carbonyl (C=O) groups is 3. The molecule has 0 saturated heterocycles. The second kappa shape index (κ2) is 6.87. The highest BCUT2D eigenvalue weighted by Gasteiger charge is 2.26. The molecule has 2 amide bonds. The minimum atomic E-state index is -0.676. The molecule has 0 radical (unpaired) electrons. The van der Waals surface area contributed by atoms with E-state index in [1.54, 1.807) is 19.9 Å². The van der Waals surface area contributed by atoms with Crippen LogP contribution in [0.15, 0.2) is 34.5 Å². The summed E-state index contributed by atoms with van der Waals surface area (Å²) in [6.45, 7) is 3.52. The lowest BCUT2D eigenvalue weighted by Gasteiger charge is -2.05. The van der Waals surface area contributed by atoms with Gasteiger partial charge < -0.3 is 9.84 Å². The quantitative estimate of drug-likeness (QED) is 0.284. The Balaban J connectivity index is 2.31. The summed E-state index contributed by atoms with van der Waals surface area (Å²) < 4.78 is 4.86. The summed E-state index contributed by atoms with van der Waals surface area (Å²) in [6, 6.07) is 4.47. The Morgan fingerprint density at radius 1 is 1.26 bits per heavy atom. The number of aliphatic imine (C=N–C) groups is 1. The first-order valence-corrected chi connectivity index (χ1v) is 7.11. The molecule has 1 aromatic carbocycles. The second-order valence-corrected chi connectivity index (χ2v) is 4.71. The number of aliphatic hydroxyl groups is 1. The topological polar surface area (TPSA) is 105 Å². The maximum Gasteiger partial charge on any atom is 0.343 e. The molecular weight excluding hydrogens is 300 g/mol. The second-order valence-electron chi connectivity index (χ2n) is 4.71. The number of hydrogen-bond donors (Lipinski definition) is 2. The van der Waals surface area contributed by atoms with E-state index in [0.29, 0.717) is 5.69 Å². The number of aliphatic hydroxyl groups excluding tert-OH is 1. The zero-order valence-electron chi connectivity index (χ0n) is 12.8. The third-order valence-corrected chi connectivity index (χ3v) is 3.20. The maximum atomic E-state index is 11.8. The van der Waals surface area contributed by atoms with E-state index in [1.165, 1.54) is 18.3 Å². The Morgan fingerprint density at radius 2 is 1.96 bits per heavy atom. The number of rotatable bonds is 5. The molecule has 1 aliphatic heterocycles. The Hall–Kier alpha value is -2.96. The molecule has 7 heteroatoms. The number of benzene rings is 1. The van der Waals surface area contributed by atoms with Crippen molar-refractivity contribution in [1.82, 2.24) is 5.32 Å². The van der Waals surface area contributed by atoms with E-state index in [4.69, 9.17) is 4.74 Å². The van der Waals surface area contributed by atoms with Gasteiger partial charge in [0.1, 0.15) is 11.3 Å². The molecule has 0 unspecified atom stereocenters. The lowest BCUT2D eigenvalue weighted by atomic mass is 10.1. The molecule has 0 atom stereocenters. The van der Waals surface area contributed by atoms with Crippen LogP contribution in [-0.2, 0) is 9.53 Å². The van der Waals surface area contributed by atoms with Crippen molar-refractivity contribution in [3.63, 3.8) is 0 Å². The van der Waals surface area contributed by atoms with Gasteiger partial charge in [-0.05, 0) is 25.1 Å². The lowest BCUT2D eigenvalue weighted by molar-refractivity contribution is -0.138. The van der Waals surface area contributed by atoms with Crippen molar-refractivity contribution in [2.45, 2.75) is 20.3 Å². The van der Waals surface area contributed by atoms with E-state index >= 15 is 0 Å². The van der Waals surface area contributed by atoms with Gasteiger partial charge in [0, 0.05) is 12.6 Å². The minimum absolute atomic E-state index is 0.0459. The van der Waals surface area contributed by atoms with Crippen molar-refractivity contribution in [2.24, 2.45) is 4.99 Å². The standard InChI is InChI=1S/C16H16N2O5/c1-3-13(19)12(16(22)23-4-2)8-17-9-5-6-10-11(7-9)15(21)18-14(10)20/h5-8,19H,3-4H2,1-2H3,(H,18,20,21)/b13-12-,17-8?. The van der Waals surface area contributed by atoms with Crippen LogP contribution in [0.2, 0.25) is 0 Å². The van der Waals surface area contributed by atoms with Crippen LogP contribution in [0.5, 0.6) is 0 Å². The first-order chi connectivity index (χ1) is 11.0. The number of nitrogens with one attached hydrogen (secondary N) is 1. The van der Waals surface area contributed by atoms with Gasteiger partial charge in [-0.2, -0.15) is 0 Å². The van der Waals surface area contributed by atoms with E-state index in [0.717, 1.165) is 0 Å². The summed E-state index contributed by atoms with van der Waals surface area (Å²) in [5.41, 5.74) is 0.840. The fourth-order valence-corrected chi connectivity index (χ4v) is 2.02. The molecule has 7 nitrogen and oxygen atoms in total. The van der Waals surface area contributed by atoms with Crippen molar-refractivity contribution in [1.29, 1.82) is 0 Å². The first kappa shape index (κ1) is 16.4. The van der Waals surface area contributed by atoms with Crippen molar-refractivity contribution >= 4 is 29.7 Å². The van der Waals surface area contributed by atoms with E-state index in [9.17, 15) is 19.5 Å². The van der Waals surface area contributed by atoms with Gasteiger partial charge in [-0.3, -0.25) is 19.9 Å². The van der Waals surface area contributed by atoms with Gasteiger partial charge in [-0.1, -0.05) is 6.92 Å².